The van der Waals surface area contributed by atoms with Gasteiger partial charge in [0.05, 0.1) is 0 Å². The van der Waals surface area contributed by atoms with Crippen molar-refractivity contribution in [3.05, 3.63) is 17.6 Å². The van der Waals surface area contributed by atoms with E-state index in [0.717, 1.165) is 25.1 Å². The number of aryl methyl sites for hydroxylation is 1. The quantitative estimate of drug-likeness (QED) is 0.884. The molecule has 0 radical (unpaired) electrons. The summed E-state index contributed by atoms with van der Waals surface area (Å²) in [5.74, 6) is 1.13. The monoisotopic (exact) mass is 260 g/mol. The lowest BCUT2D eigenvalue weighted by molar-refractivity contribution is 0.371. The molecule has 4 nitrogen and oxygen atoms in total. The van der Waals surface area contributed by atoms with E-state index in [-0.39, 0.29) is 6.04 Å². The van der Waals surface area contributed by atoms with Gasteiger partial charge in [-0.25, -0.2) is 9.97 Å². The molecule has 1 aromatic rings. The molecule has 2 aliphatic rings. The normalized spacial score (nSPS) is 26.8. The van der Waals surface area contributed by atoms with E-state index in [2.05, 4.69) is 21.9 Å². The summed E-state index contributed by atoms with van der Waals surface area (Å²) in [5, 5.41) is 0. The minimum absolute atomic E-state index is 0.285. The molecular formula is C15H24N4. The molecule has 0 bridgehead atoms. The smallest absolute Gasteiger partial charge is 0.135 e. The number of anilines is 1. The summed E-state index contributed by atoms with van der Waals surface area (Å²) in [5.41, 5.74) is 8.93. The van der Waals surface area contributed by atoms with Crippen LogP contribution in [0.4, 0.5) is 5.82 Å². The van der Waals surface area contributed by atoms with Crippen LogP contribution in [0, 0.1) is 0 Å². The van der Waals surface area contributed by atoms with Crippen LogP contribution in [0.3, 0.4) is 0 Å². The van der Waals surface area contributed by atoms with Gasteiger partial charge >= 0.3 is 0 Å². The van der Waals surface area contributed by atoms with Crippen LogP contribution in [0.15, 0.2) is 6.33 Å². The Hall–Kier alpha value is -1.16. The van der Waals surface area contributed by atoms with E-state index in [1.165, 1.54) is 43.4 Å². The number of nitrogens with two attached hydrogens (primary N) is 1. The fraction of sp³-hybridized carbons (Fsp3) is 0.733. The zero-order valence-electron chi connectivity index (χ0n) is 11.8. The molecule has 0 aliphatic heterocycles. The number of likely N-dealkylation sites (N-methyl/N-ethyl adjacent to an activating group) is 1. The van der Waals surface area contributed by atoms with Gasteiger partial charge in [-0.1, -0.05) is 12.8 Å². The Morgan fingerprint density at radius 2 is 1.89 bits per heavy atom. The van der Waals surface area contributed by atoms with Crippen LogP contribution in [0.5, 0.6) is 0 Å². The van der Waals surface area contributed by atoms with Gasteiger partial charge in [-0.2, -0.15) is 0 Å². The van der Waals surface area contributed by atoms with Gasteiger partial charge in [0.1, 0.15) is 12.1 Å². The molecule has 1 aromatic heterocycles. The van der Waals surface area contributed by atoms with E-state index in [0.29, 0.717) is 6.04 Å². The Balaban J connectivity index is 1.88. The Labute approximate surface area is 115 Å². The summed E-state index contributed by atoms with van der Waals surface area (Å²) in [6.07, 6.45) is 11.4. The molecule has 0 spiro atoms. The second-order valence-electron chi connectivity index (χ2n) is 5.96. The molecule has 2 aliphatic carbocycles. The van der Waals surface area contributed by atoms with Gasteiger partial charge in [0, 0.05) is 30.4 Å². The van der Waals surface area contributed by atoms with E-state index in [9.17, 15) is 0 Å². The zero-order chi connectivity index (χ0) is 13.2. The molecule has 4 heteroatoms. The maximum atomic E-state index is 6.31. The van der Waals surface area contributed by atoms with Crippen LogP contribution in [0.2, 0.25) is 0 Å². The largest absolute Gasteiger partial charge is 0.355 e. The lowest BCUT2D eigenvalue weighted by atomic mass is 9.89. The van der Waals surface area contributed by atoms with E-state index in [1.807, 2.05) is 0 Å². The van der Waals surface area contributed by atoms with Crippen molar-refractivity contribution in [2.24, 2.45) is 5.73 Å². The van der Waals surface area contributed by atoms with Crippen molar-refractivity contribution in [1.29, 1.82) is 0 Å². The second-order valence-corrected chi connectivity index (χ2v) is 5.96. The van der Waals surface area contributed by atoms with Gasteiger partial charge in [0.25, 0.3) is 0 Å². The van der Waals surface area contributed by atoms with Gasteiger partial charge in [0.15, 0.2) is 0 Å². The molecule has 2 atom stereocenters. The summed E-state index contributed by atoms with van der Waals surface area (Å²) in [6, 6.07) is 0.725. The first-order chi connectivity index (χ1) is 9.27. The molecule has 0 amide bonds. The van der Waals surface area contributed by atoms with Crippen LogP contribution in [-0.4, -0.2) is 29.1 Å². The van der Waals surface area contributed by atoms with Crippen LogP contribution < -0.4 is 10.6 Å². The van der Waals surface area contributed by atoms with Crippen LogP contribution in [0.25, 0.3) is 0 Å². The summed E-state index contributed by atoms with van der Waals surface area (Å²) in [7, 11) is 2.16. The maximum absolute atomic E-state index is 6.31. The van der Waals surface area contributed by atoms with E-state index in [1.54, 1.807) is 6.33 Å². The highest BCUT2D eigenvalue weighted by molar-refractivity contribution is 5.50. The predicted octanol–water partition coefficient (Wildman–Crippen LogP) is 2.06. The molecule has 1 heterocycles. The first-order valence-corrected chi connectivity index (χ1v) is 7.58. The highest BCUT2D eigenvalue weighted by Crippen LogP contribution is 2.30. The van der Waals surface area contributed by atoms with Crippen LogP contribution >= 0.6 is 0 Å². The maximum Gasteiger partial charge on any atom is 0.135 e. The Morgan fingerprint density at radius 1 is 1.11 bits per heavy atom. The fourth-order valence-electron chi connectivity index (χ4n) is 3.59. The van der Waals surface area contributed by atoms with E-state index in [4.69, 9.17) is 5.73 Å². The van der Waals surface area contributed by atoms with Gasteiger partial charge in [0.2, 0.25) is 0 Å². The van der Waals surface area contributed by atoms with Crippen molar-refractivity contribution in [3.8, 4) is 0 Å². The molecule has 1 fully saturated rings. The second kappa shape index (κ2) is 5.45. The van der Waals surface area contributed by atoms with Gasteiger partial charge in [-0.15, -0.1) is 0 Å². The molecule has 2 N–H and O–H groups in total. The lowest BCUT2D eigenvalue weighted by Gasteiger charge is -2.38. The van der Waals surface area contributed by atoms with Crippen molar-refractivity contribution >= 4 is 5.82 Å². The van der Waals surface area contributed by atoms with Gasteiger partial charge in [-0.3, -0.25) is 0 Å². The van der Waals surface area contributed by atoms with Crippen molar-refractivity contribution in [3.63, 3.8) is 0 Å². The van der Waals surface area contributed by atoms with Crippen LogP contribution in [-0.2, 0) is 12.8 Å². The first kappa shape index (κ1) is 12.9. The third-order valence-corrected chi connectivity index (χ3v) is 4.72. The zero-order valence-corrected chi connectivity index (χ0v) is 11.8. The molecule has 1 saturated carbocycles. The Bertz CT molecular complexity index is 446. The average Bonchev–Trinajstić information content (AvgIpc) is 2.46. The highest BCUT2D eigenvalue weighted by Gasteiger charge is 2.28. The topological polar surface area (TPSA) is 55.0 Å². The predicted molar refractivity (Wildman–Crippen MR) is 77.3 cm³/mol. The molecule has 0 aromatic carbocycles. The third kappa shape index (κ3) is 2.46. The molecular weight excluding hydrogens is 236 g/mol. The van der Waals surface area contributed by atoms with Gasteiger partial charge in [-0.05, 0) is 38.5 Å². The minimum atomic E-state index is 0.285. The van der Waals surface area contributed by atoms with Crippen molar-refractivity contribution in [2.45, 2.75) is 63.5 Å². The summed E-state index contributed by atoms with van der Waals surface area (Å²) < 4.78 is 0. The highest BCUT2D eigenvalue weighted by atomic mass is 15.2. The number of aromatic nitrogens is 2. The average molecular weight is 260 g/mol. The number of hydrogen-bond donors (Lipinski definition) is 1. The van der Waals surface area contributed by atoms with Crippen molar-refractivity contribution in [1.82, 2.24) is 9.97 Å². The van der Waals surface area contributed by atoms with E-state index >= 15 is 0 Å². The summed E-state index contributed by atoms with van der Waals surface area (Å²) in [4.78, 5) is 11.3. The molecule has 0 saturated heterocycles. The number of hydrogen-bond acceptors (Lipinski definition) is 4. The molecule has 3 rings (SSSR count). The first-order valence-electron chi connectivity index (χ1n) is 7.58. The molecule has 2 unspecified atom stereocenters. The lowest BCUT2D eigenvalue weighted by Crippen LogP contribution is -2.48. The van der Waals surface area contributed by atoms with Crippen LogP contribution in [0.1, 0.15) is 49.8 Å². The number of fused-ring (bicyclic) bond motifs is 1. The summed E-state index contributed by atoms with van der Waals surface area (Å²) >= 11 is 0. The van der Waals surface area contributed by atoms with E-state index < -0.39 is 0 Å². The summed E-state index contributed by atoms with van der Waals surface area (Å²) in [6.45, 7) is 0. The van der Waals surface area contributed by atoms with Crippen molar-refractivity contribution < 1.29 is 0 Å². The minimum Gasteiger partial charge on any atom is -0.355 e. The van der Waals surface area contributed by atoms with Gasteiger partial charge < -0.3 is 10.6 Å². The molecule has 19 heavy (non-hydrogen) atoms. The number of nitrogens with zero attached hydrogens (tertiary/aromatic N) is 3. The Morgan fingerprint density at radius 3 is 2.74 bits per heavy atom. The Kier molecular flexibility index (Phi) is 3.69. The standard InChI is InChI=1S/C15H24N4/c1-19(14-9-5-3-7-12(14)16)15-11-6-2-4-8-13(11)17-10-18-15/h10,12,14H,2-9,16H2,1H3. The van der Waals surface area contributed by atoms with Crippen molar-refractivity contribution in [2.75, 3.05) is 11.9 Å². The third-order valence-electron chi connectivity index (χ3n) is 4.72. The fourth-order valence-corrected chi connectivity index (χ4v) is 3.59. The molecule has 104 valence electrons. The number of rotatable bonds is 2. The SMILES string of the molecule is CN(c1ncnc2c1CCCC2)C1CCCCC1N.